The monoisotopic (exact) mass is 297 g/mol. The van der Waals surface area contributed by atoms with Crippen molar-refractivity contribution in [2.45, 2.75) is 26.3 Å². The minimum atomic E-state index is 0.806. The van der Waals surface area contributed by atoms with E-state index in [0.29, 0.717) is 0 Å². The molecule has 1 aromatic carbocycles. The molecule has 2 aromatic rings. The maximum Gasteiger partial charge on any atom is 0.198 e. The summed E-state index contributed by atoms with van der Waals surface area (Å²) in [4.78, 5) is 7.08. The molecular formula is C17H23N5. The molecule has 0 bridgehead atoms. The van der Waals surface area contributed by atoms with Crippen LogP contribution in [-0.4, -0.2) is 35.4 Å². The van der Waals surface area contributed by atoms with Gasteiger partial charge in [-0.2, -0.15) is 5.10 Å². The summed E-state index contributed by atoms with van der Waals surface area (Å²) >= 11 is 0. The van der Waals surface area contributed by atoms with E-state index < -0.39 is 0 Å². The van der Waals surface area contributed by atoms with Gasteiger partial charge < -0.3 is 10.2 Å². The molecular weight excluding hydrogens is 274 g/mol. The summed E-state index contributed by atoms with van der Waals surface area (Å²) in [7, 11) is 0. The average Bonchev–Trinajstić information content (AvgIpc) is 3.20. The highest BCUT2D eigenvalue weighted by atomic mass is 15.3. The number of aromatic nitrogens is 2. The third-order valence-electron chi connectivity index (χ3n) is 3.84. The molecule has 5 nitrogen and oxygen atoms in total. The molecule has 0 spiro atoms. The van der Waals surface area contributed by atoms with E-state index in [0.717, 1.165) is 45.0 Å². The van der Waals surface area contributed by atoms with Gasteiger partial charge in [-0.3, -0.25) is 9.67 Å². The van der Waals surface area contributed by atoms with E-state index in [2.05, 4.69) is 46.5 Å². The Hall–Kier alpha value is -2.30. The minimum absolute atomic E-state index is 0.806. The summed E-state index contributed by atoms with van der Waals surface area (Å²) in [5, 5.41) is 7.63. The lowest BCUT2D eigenvalue weighted by atomic mass is 10.2. The lowest BCUT2D eigenvalue weighted by molar-refractivity contribution is 0.584. The highest BCUT2D eigenvalue weighted by Gasteiger charge is 2.22. The minimum Gasteiger partial charge on any atom is -0.356 e. The number of hydrogen-bond donors (Lipinski definition) is 1. The molecule has 0 radical (unpaired) electrons. The van der Waals surface area contributed by atoms with Crippen LogP contribution in [-0.2, 0) is 13.0 Å². The van der Waals surface area contributed by atoms with Crippen LogP contribution in [0.3, 0.4) is 0 Å². The van der Waals surface area contributed by atoms with Gasteiger partial charge in [0.25, 0.3) is 0 Å². The van der Waals surface area contributed by atoms with Crippen molar-refractivity contribution < 1.29 is 0 Å². The third-order valence-corrected chi connectivity index (χ3v) is 3.84. The Morgan fingerprint density at radius 3 is 3.05 bits per heavy atom. The number of nitrogens with zero attached hydrogens (tertiary/aromatic N) is 4. The first-order valence-corrected chi connectivity index (χ1v) is 7.99. The first-order valence-electron chi connectivity index (χ1n) is 7.99. The van der Waals surface area contributed by atoms with Crippen LogP contribution in [0.2, 0.25) is 0 Å². The van der Waals surface area contributed by atoms with Gasteiger partial charge in [0.1, 0.15) is 0 Å². The van der Waals surface area contributed by atoms with Crippen LogP contribution in [0.15, 0.2) is 47.7 Å². The number of para-hydroxylation sites is 1. The number of aryl methyl sites for hydroxylation is 1. The predicted octanol–water partition coefficient (Wildman–Crippen LogP) is 2.30. The van der Waals surface area contributed by atoms with Gasteiger partial charge in [0, 0.05) is 44.3 Å². The first-order chi connectivity index (χ1) is 10.9. The second kappa shape index (κ2) is 7.11. The molecule has 1 N–H and O–H groups in total. The number of fused-ring (bicyclic) bond motifs is 1. The molecule has 1 aromatic heterocycles. The first kappa shape index (κ1) is 14.6. The molecule has 1 aliphatic heterocycles. The van der Waals surface area contributed by atoms with Crippen molar-refractivity contribution in [2.75, 3.05) is 24.5 Å². The quantitative estimate of drug-likeness (QED) is 0.523. The van der Waals surface area contributed by atoms with Crippen LogP contribution in [0.25, 0.3) is 0 Å². The average molecular weight is 297 g/mol. The number of hydrogen-bond acceptors (Lipinski definition) is 2. The second-order valence-electron chi connectivity index (χ2n) is 5.39. The molecule has 0 fully saturated rings. The number of nitrogens with one attached hydrogen (secondary N) is 1. The Morgan fingerprint density at radius 2 is 2.23 bits per heavy atom. The highest BCUT2D eigenvalue weighted by molar-refractivity contribution is 5.97. The van der Waals surface area contributed by atoms with Crippen LogP contribution in [0, 0.1) is 0 Å². The molecule has 3 rings (SSSR count). The molecule has 2 heterocycles. The molecule has 0 amide bonds. The Kier molecular flexibility index (Phi) is 4.73. The van der Waals surface area contributed by atoms with Gasteiger partial charge in [0.15, 0.2) is 5.96 Å². The van der Waals surface area contributed by atoms with Gasteiger partial charge in [0.2, 0.25) is 0 Å². The standard InChI is InChI=1S/C17H23N5/c1-2-18-17(19-10-5-12-21-13-6-11-20-21)22-14-9-15-7-3-4-8-16(15)22/h3-4,6-8,11,13H,2,5,9-10,12,14H2,1H3,(H,18,19). The van der Waals surface area contributed by atoms with E-state index in [-0.39, 0.29) is 0 Å². The predicted molar refractivity (Wildman–Crippen MR) is 90.3 cm³/mol. The largest absolute Gasteiger partial charge is 0.356 e. The van der Waals surface area contributed by atoms with Crippen LogP contribution >= 0.6 is 0 Å². The fourth-order valence-corrected chi connectivity index (χ4v) is 2.80. The van der Waals surface area contributed by atoms with Crippen molar-refractivity contribution in [1.82, 2.24) is 15.1 Å². The fourth-order valence-electron chi connectivity index (χ4n) is 2.80. The number of aliphatic imine (C=N–C) groups is 1. The van der Waals surface area contributed by atoms with Gasteiger partial charge >= 0.3 is 0 Å². The topological polar surface area (TPSA) is 45.5 Å². The second-order valence-corrected chi connectivity index (χ2v) is 5.39. The van der Waals surface area contributed by atoms with E-state index in [4.69, 9.17) is 4.99 Å². The SMILES string of the molecule is CCNC(=NCCCn1cccn1)N1CCc2ccccc21. The summed E-state index contributed by atoms with van der Waals surface area (Å²) in [5.41, 5.74) is 2.69. The summed E-state index contributed by atoms with van der Waals surface area (Å²) in [6.07, 6.45) is 5.89. The van der Waals surface area contributed by atoms with Crippen molar-refractivity contribution in [3.63, 3.8) is 0 Å². The van der Waals surface area contributed by atoms with Gasteiger partial charge in [-0.25, -0.2) is 0 Å². The van der Waals surface area contributed by atoms with E-state index in [9.17, 15) is 0 Å². The number of benzene rings is 1. The van der Waals surface area contributed by atoms with Crippen molar-refractivity contribution in [3.8, 4) is 0 Å². The molecule has 1 aliphatic rings. The Labute approximate surface area is 131 Å². The van der Waals surface area contributed by atoms with Gasteiger partial charge in [0.05, 0.1) is 0 Å². The lowest BCUT2D eigenvalue weighted by Gasteiger charge is -2.22. The van der Waals surface area contributed by atoms with Gasteiger partial charge in [-0.05, 0) is 37.5 Å². The van der Waals surface area contributed by atoms with Crippen LogP contribution < -0.4 is 10.2 Å². The van der Waals surface area contributed by atoms with Crippen LogP contribution in [0.4, 0.5) is 5.69 Å². The lowest BCUT2D eigenvalue weighted by Crippen LogP contribution is -2.40. The number of rotatable bonds is 5. The van der Waals surface area contributed by atoms with E-state index >= 15 is 0 Å². The zero-order valence-corrected chi connectivity index (χ0v) is 13.1. The molecule has 0 saturated carbocycles. The zero-order chi connectivity index (χ0) is 15.2. The van der Waals surface area contributed by atoms with Gasteiger partial charge in [-0.15, -0.1) is 0 Å². The number of guanidine groups is 1. The molecule has 0 saturated heterocycles. The smallest absolute Gasteiger partial charge is 0.198 e. The fraction of sp³-hybridized carbons (Fsp3) is 0.412. The molecule has 0 atom stereocenters. The summed E-state index contributed by atoms with van der Waals surface area (Å²) in [6, 6.07) is 10.5. The van der Waals surface area contributed by atoms with E-state index in [1.165, 1.54) is 11.3 Å². The summed E-state index contributed by atoms with van der Waals surface area (Å²) in [6.45, 7) is 5.72. The highest BCUT2D eigenvalue weighted by Crippen LogP contribution is 2.27. The normalized spacial score (nSPS) is 14.2. The van der Waals surface area contributed by atoms with Crippen molar-refractivity contribution in [1.29, 1.82) is 0 Å². The molecule has 0 unspecified atom stereocenters. The molecule has 22 heavy (non-hydrogen) atoms. The van der Waals surface area contributed by atoms with Crippen molar-refractivity contribution in [3.05, 3.63) is 48.3 Å². The number of anilines is 1. The molecule has 0 aliphatic carbocycles. The Bertz CT molecular complexity index is 618. The van der Waals surface area contributed by atoms with Gasteiger partial charge in [-0.1, -0.05) is 18.2 Å². The van der Waals surface area contributed by atoms with Crippen molar-refractivity contribution in [2.24, 2.45) is 4.99 Å². The molecule has 116 valence electrons. The van der Waals surface area contributed by atoms with E-state index in [1.807, 2.05) is 23.1 Å². The van der Waals surface area contributed by atoms with E-state index in [1.54, 1.807) is 0 Å². The summed E-state index contributed by atoms with van der Waals surface area (Å²) < 4.78 is 1.95. The third kappa shape index (κ3) is 3.30. The maximum atomic E-state index is 4.78. The Morgan fingerprint density at radius 1 is 1.32 bits per heavy atom. The maximum absolute atomic E-state index is 4.78. The van der Waals surface area contributed by atoms with Crippen molar-refractivity contribution >= 4 is 11.6 Å². The molecule has 5 heteroatoms. The summed E-state index contributed by atoms with van der Waals surface area (Å²) in [5.74, 6) is 0.993. The zero-order valence-electron chi connectivity index (χ0n) is 13.1. The van der Waals surface area contributed by atoms with Crippen LogP contribution in [0.1, 0.15) is 18.9 Å². The van der Waals surface area contributed by atoms with Crippen LogP contribution in [0.5, 0.6) is 0 Å². The Balaban J connectivity index is 1.63.